The molecule has 3 rings (SSSR count). The first-order valence-corrected chi connectivity index (χ1v) is 8.39. The molecule has 0 unspecified atom stereocenters. The van der Waals surface area contributed by atoms with Gasteiger partial charge in [-0.2, -0.15) is 9.97 Å². The van der Waals surface area contributed by atoms with Crippen molar-refractivity contribution in [3.8, 4) is 11.9 Å². The third-order valence-electron chi connectivity index (χ3n) is 3.98. The Hall–Kier alpha value is -2.02. The van der Waals surface area contributed by atoms with Crippen LogP contribution in [0.1, 0.15) is 38.3 Å². The van der Waals surface area contributed by atoms with Gasteiger partial charge in [0, 0.05) is 19.0 Å². The molecular weight excluding hydrogens is 313 g/mol. The lowest BCUT2D eigenvalue weighted by atomic mass is 10.2. The molecule has 0 amide bonds. The fourth-order valence-electron chi connectivity index (χ4n) is 2.52. The maximum Gasteiger partial charge on any atom is 0.320 e. The van der Waals surface area contributed by atoms with Crippen molar-refractivity contribution in [2.24, 2.45) is 0 Å². The average Bonchev–Trinajstić information content (AvgIpc) is 2.60. The first-order valence-electron chi connectivity index (χ1n) is 8.39. The van der Waals surface area contributed by atoms with Gasteiger partial charge < -0.3 is 14.2 Å². The van der Waals surface area contributed by atoms with Crippen LogP contribution in [0.25, 0.3) is 10.9 Å². The summed E-state index contributed by atoms with van der Waals surface area (Å²) in [5.74, 6) is -0.144. The van der Waals surface area contributed by atoms with Crippen LogP contribution in [0.4, 0.5) is 4.39 Å². The standard InChI is InChI=1S/C17H22FN3O3/c1-3-4-7-23-16-13-10-19-11(2)14(18)15(13)20-17(21-16)24-12-5-8-22-9-6-12/h10,12H,3-9H2,1-2H3. The molecule has 1 aliphatic heterocycles. The number of aromatic nitrogens is 3. The smallest absolute Gasteiger partial charge is 0.320 e. The van der Waals surface area contributed by atoms with Gasteiger partial charge in [0.2, 0.25) is 5.88 Å². The molecule has 0 atom stereocenters. The molecule has 24 heavy (non-hydrogen) atoms. The van der Waals surface area contributed by atoms with E-state index >= 15 is 0 Å². The Morgan fingerprint density at radius 3 is 2.83 bits per heavy atom. The molecule has 0 bridgehead atoms. The second-order valence-corrected chi connectivity index (χ2v) is 5.86. The van der Waals surface area contributed by atoms with Gasteiger partial charge in [0.15, 0.2) is 5.82 Å². The third-order valence-corrected chi connectivity index (χ3v) is 3.98. The number of halogens is 1. The molecule has 6 nitrogen and oxygen atoms in total. The Labute approximate surface area is 140 Å². The zero-order chi connectivity index (χ0) is 16.9. The lowest BCUT2D eigenvalue weighted by Gasteiger charge is -2.22. The van der Waals surface area contributed by atoms with E-state index in [4.69, 9.17) is 14.2 Å². The van der Waals surface area contributed by atoms with Gasteiger partial charge >= 0.3 is 6.01 Å². The third kappa shape index (κ3) is 3.72. The lowest BCUT2D eigenvalue weighted by Crippen LogP contribution is -2.26. The number of unbranched alkanes of at least 4 members (excludes halogenated alkanes) is 1. The Bertz CT molecular complexity index is 705. The van der Waals surface area contributed by atoms with E-state index in [1.54, 1.807) is 13.1 Å². The minimum absolute atomic E-state index is 0.0225. The van der Waals surface area contributed by atoms with Crippen molar-refractivity contribution in [2.75, 3.05) is 19.8 Å². The maximum absolute atomic E-state index is 14.4. The molecule has 2 aromatic heterocycles. The predicted molar refractivity (Wildman–Crippen MR) is 86.9 cm³/mol. The average molecular weight is 335 g/mol. The van der Waals surface area contributed by atoms with Crippen molar-refractivity contribution >= 4 is 10.9 Å². The number of ether oxygens (including phenoxy) is 3. The quantitative estimate of drug-likeness (QED) is 0.755. The largest absolute Gasteiger partial charge is 0.477 e. The predicted octanol–water partition coefficient (Wildman–Crippen LogP) is 3.21. The number of rotatable bonds is 6. The fourth-order valence-corrected chi connectivity index (χ4v) is 2.52. The number of pyridine rings is 1. The van der Waals surface area contributed by atoms with Crippen molar-refractivity contribution in [3.63, 3.8) is 0 Å². The lowest BCUT2D eigenvalue weighted by molar-refractivity contribution is 0.0216. The van der Waals surface area contributed by atoms with Gasteiger partial charge in [0.1, 0.15) is 11.6 Å². The van der Waals surface area contributed by atoms with Crippen molar-refractivity contribution in [1.82, 2.24) is 15.0 Å². The van der Waals surface area contributed by atoms with Gasteiger partial charge in [-0.25, -0.2) is 4.39 Å². The van der Waals surface area contributed by atoms with Gasteiger partial charge in [-0.1, -0.05) is 13.3 Å². The Balaban J connectivity index is 1.94. The number of nitrogens with zero attached hydrogens (tertiary/aromatic N) is 3. The molecule has 2 aromatic rings. The summed E-state index contributed by atoms with van der Waals surface area (Å²) < 4.78 is 31.3. The van der Waals surface area contributed by atoms with Gasteiger partial charge in [0.05, 0.1) is 30.9 Å². The number of hydrogen-bond donors (Lipinski definition) is 0. The number of aryl methyl sites for hydroxylation is 1. The number of fused-ring (bicyclic) bond motifs is 1. The van der Waals surface area contributed by atoms with E-state index in [9.17, 15) is 4.39 Å². The molecule has 3 heterocycles. The molecule has 7 heteroatoms. The van der Waals surface area contributed by atoms with Crippen LogP contribution in [0.5, 0.6) is 11.9 Å². The van der Waals surface area contributed by atoms with Crippen LogP contribution in [-0.4, -0.2) is 40.9 Å². The van der Waals surface area contributed by atoms with Crippen molar-refractivity contribution in [1.29, 1.82) is 0 Å². The van der Waals surface area contributed by atoms with E-state index in [0.29, 0.717) is 31.1 Å². The van der Waals surface area contributed by atoms with Crippen LogP contribution < -0.4 is 9.47 Å². The van der Waals surface area contributed by atoms with E-state index in [0.717, 1.165) is 25.7 Å². The summed E-state index contributed by atoms with van der Waals surface area (Å²) in [5.41, 5.74) is 0.476. The Morgan fingerprint density at radius 2 is 2.08 bits per heavy atom. The monoisotopic (exact) mass is 335 g/mol. The second-order valence-electron chi connectivity index (χ2n) is 5.86. The van der Waals surface area contributed by atoms with Crippen LogP contribution in [0.15, 0.2) is 6.20 Å². The molecule has 1 aliphatic rings. The summed E-state index contributed by atoms with van der Waals surface area (Å²) in [6.45, 7) is 5.49. The molecule has 0 radical (unpaired) electrons. The summed E-state index contributed by atoms with van der Waals surface area (Å²) in [7, 11) is 0. The highest BCUT2D eigenvalue weighted by molar-refractivity contribution is 5.83. The highest BCUT2D eigenvalue weighted by Gasteiger charge is 2.20. The molecule has 1 fully saturated rings. The van der Waals surface area contributed by atoms with Gasteiger partial charge in [-0.15, -0.1) is 0 Å². The first kappa shape index (κ1) is 16.8. The van der Waals surface area contributed by atoms with Crippen LogP contribution in [0.2, 0.25) is 0 Å². The molecule has 0 aliphatic carbocycles. The Kier molecular flexibility index (Phi) is 5.40. The van der Waals surface area contributed by atoms with Gasteiger partial charge in [0.25, 0.3) is 0 Å². The normalized spacial score (nSPS) is 15.6. The van der Waals surface area contributed by atoms with Crippen LogP contribution in [0, 0.1) is 12.7 Å². The summed E-state index contributed by atoms with van der Waals surface area (Å²) in [6, 6.07) is 0.144. The maximum atomic E-state index is 14.4. The zero-order valence-corrected chi connectivity index (χ0v) is 14.0. The van der Waals surface area contributed by atoms with Crippen molar-refractivity contribution in [2.45, 2.75) is 45.6 Å². The topological polar surface area (TPSA) is 66.4 Å². The highest BCUT2D eigenvalue weighted by Crippen LogP contribution is 2.28. The van der Waals surface area contributed by atoms with Gasteiger partial charge in [-0.05, 0) is 13.3 Å². The SMILES string of the molecule is CCCCOc1nc(OC2CCOCC2)nc2c(F)c(C)ncc12. The van der Waals surface area contributed by atoms with E-state index < -0.39 is 5.82 Å². The molecule has 130 valence electrons. The van der Waals surface area contributed by atoms with E-state index in [1.165, 1.54) is 0 Å². The summed E-state index contributed by atoms with van der Waals surface area (Å²) in [4.78, 5) is 12.6. The van der Waals surface area contributed by atoms with Crippen LogP contribution in [-0.2, 0) is 4.74 Å². The van der Waals surface area contributed by atoms with E-state index in [-0.39, 0.29) is 23.3 Å². The molecule has 0 spiro atoms. The molecule has 0 saturated carbocycles. The Morgan fingerprint density at radius 1 is 1.29 bits per heavy atom. The second kappa shape index (κ2) is 7.70. The minimum atomic E-state index is -0.466. The van der Waals surface area contributed by atoms with Crippen LogP contribution >= 0.6 is 0 Å². The molecule has 0 N–H and O–H groups in total. The fraction of sp³-hybridized carbons (Fsp3) is 0.588. The van der Waals surface area contributed by atoms with E-state index in [1.807, 2.05) is 0 Å². The zero-order valence-electron chi connectivity index (χ0n) is 14.0. The molecule has 0 aromatic carbocycles. The first-order chi connectivity index (χ1) is 11.7. The molecular formula is C17H22FN3O3. The van der Waals surface area contributed by atoms with Crippen molar-refractivity contribution < 1.29 is 18.6 Å². The molecule has 1 saturated heterocycles. The van der Waals surface area contributed by atoms with Gasteiger partial charge in [-0.3, -0.25) is 4.98 Å². The highest BCUT2D eigenvalue weighted by atomic mass is 19.1. The summed E-state index contributed by atoms with van der Waals surface area (Å²) in [6.07, 6.45) is 4.96. The minimum Gasteiger partial charge on any atom is -0.477 e. The van der Waals surface area contributed by atoms with Crippen LogP contribution in [0.3, 0.4) is 0 Å². The summed E-state index contributed by atoms with van der Waals surface area (Å²) in [5, 5.41) is 0.466. The van der Waals surface area contributed by atoms with Crippen molar-refractivity contribution in [3.05, 3.63) is 17.7 Å². The summed E-state index contributed by atoms with van der Waals surface area (Å²) >= 11 is 0. The van der Waals surface area contributed by atoms with E-state index in [2.05, 4.69) is 21.9 Å². The number of hydrogen-bond acceptors (Lipinski definition) is 6.